The van der Waals surface area contributed by atoms with Crippen molar-refractivity contribution in [1.29, 1.82) is 0 Å². The summed E-state index contributed by atoms with van der Waals surface area (Å²) >= 11 is 0. The molecule has 0 aliphatic carbocycles. The molecule has 0 spiro atoms. The molecule has 0 saturated heterocycles. The molecule has 0 saturated carbocycles. The number of nitrogens with zero attached hydrogens (tertiary/aromatic N) is 2. The van der Waals surface area contributed by atoms with Gasteiger partial charge in [0, 0.05) is 24.8 Å². The second kappa shape index (κ2) is 46.9. The van der Waals surface area contributed by atoms with Crippen LogP contribution in [0.4, 0.5) is 0 Å². The Morgan fingerprint density at radius 2 is 1.20 bits per heavy atom. The van der Waals surface area contributed by atoms with Crippen LogP contribution in [0.1, 0.15) is 200 Å². The SMILES string of the molecule is CCCCCCCC/C=C\CCCCCCCC(=O)OC[C@H](COP(=O)(O)OCCN=C([O-])CCSSc1ccccn1)OC(=O)CCCCCCC/C=C\CCCCCCCC.[Na+]. The molecule has 64 heavy (non-hydrogen) atoms. The van der Waals surface area contributed by atoms with E-state index in [1.807, 2.05) is 18.2 Å². The van der Waals surface area contributed by atoms with Crippen molar-refractivity contribution < 1.29 is 72.2 Å². The number of allylic oxidation sites excluding steroid dienone is 4. The maximum atomic E-state index is 12.8. The second-order valence-corrected chi connectivity index (χ2v) is 20.0. The molecule has 1 unspecified atom stereocenters. The zero-order valence-corrected chi connectivity index (χ0v) is 44.6. The van der Waals surface area contributed by atoms with Crippen LogP contribution in [0.2, 0.25) is 0 Å². The average molecular weight is 963 g/mol. The van der Waals surface area contributed by atoms with Crippen molar-refractivity contribution in [1.82, 2.24) is 4.98 Å². The van der Waals surface area contributed by atoms with Gasteiger partial charge < -0.3 is 24.5 Å². The summed E-state index contributed by atoms with van der Waals surface area (Å²) in [5.41, 5.74) is 0. The van der Waals surface area contributed by atoms with Crippen molar-refractivity contribution in [2.75, 3.05) is 32.1 Å². The van der Waals surface area contributed by atoms with Crippen molar-refractivity contribution in [2.24, 2.45) is 4.99 Å². The number of esters is 2. The Labute approximate surface area is 418 Å². The number of carbonyl (C=O) groups excluding carboxylic acids is 2. The predicted molar refractivity (Wildman–Crippen MR) is 261 cm³/mol. The average Bonchev–Trinajstić information content (AvgIpc) is 3.28. The second-order valence-electron chi connectivity index (χ2n) is 16.2. The summed E-state index contributed by atoms with van der Waals surface area (Å²) in [5, 5.41) is 13.0. The number of rotatable bonds is 45. The van der Waals surface area contributed by atoms with Gasteiger partial charge in [-0.05, 0) is 99.5 Å². The Bertz CT molecular complexity index is 1380. The molecule has 362 valence electrons. The molecule has 2 atom stereocenters. The molecule has 0 aliphatic heterocycles. The van der Waals surface area contributed by atoms with Crippen LogP contribution in [0.3, 0.4) is 0 Å². The van der Waals surface area contributed by atoms with Crippen molar-refractivity contribution in [3.8, 4) is 0 Å². The van der Waals surface area contributed by atoms with E-state index in [9.17, 15) is 24.2 Å². The van der Waals surface area contributed by atoms with E-state index in [1.54, 1.807) is 6.20 Å². The number of aromatic nitrogens is 1. The molecule has 1 aromatic rings. The van der Waals surface area contributed by atoms with Gasteiger partial charge in [0.05, 0.1) is 19.8 Å². The third-order valence-corrected chi connectivity index (χ3v) is 13.5. The molecule has 1 heterocycles. The van der Waals surface area contributed by atoms with E-state index in [4.69, 9.17) is 18.5 Å². The van der Waals surface area contributed by atoms with E-state index >= 15 is 0 Å². The van der Waals surface area contributed by atoms with Gasteiger partial charge in [-0.25, -0.2) is 9.55 Å². The topological polar surface area (TPSA) is 157 Å². The Balaban J connectivity index is 0.0000397. The predicted octanol–water partition coefficient (Wildman–Crippen LogP) is 10.6. The van der Waals surface area contributed by atoms with E-state index in [-0.39, 0.29) is 74.5 Å². The number of ether oxygens (including phenoxy) is 2. The van der Waals surface area contributed by atoms with Gasteiger partial charge >= 0.3 is 49.3 Å². The standard InChI is InChI=1S/C49H85N2O9PS2.Na/c1-3-5-7-9-11-13-15-17-19-21-23-25-27-29-31-36-48(53)57-43-45(60-49(54)37-32-30-28-26-24-22-20-18-16-14-12-10-8-6-4-2)44-59-61(55,56)58-41-40-50-46(52)38-42-62-63-47-35-33-34-39-51-47;/h17-20,33-35,39,45H,3-16,21-32,36-38,40-44H2,1-2H3,(H,50,52)(H,55,56);/q;+1/p-1/b19-17-,20-18-;/t45-;/m1./s1. The normalized spacial score (nSPS) is 13.3. The zero-order chi connectivity index (χ0) is 45.7. The van der Waals surface area contributed by atoms with Gasteiger partial charge in [0.15, 0.2) is 6.10 Å². The molecule has 15 heteroatoms. The van der Waals surface area contributed by atoms with Crippen LogP contribution in [0.5, 0.6) is 0 Å². The fourth-order valence-corrected chi connectivity index (χ4v) is 9.15. The van der Waals surface area contributed by atoms with Gasteiger partial charge in [0.1, 0.15) is 11.6 Å². The Morgan fingerprint density at radius 3 is 1.72 bits per heavy atom. The number of pyridine rings is 1. The Morgan fingerprint density at radius 1 is 0.703 bits per heavy atom. The third-order valence-electron chi connectivity index (χ3n) is 10.3. The monoisotopic (exact) mass is 963 g/mol. The number of hydrogen-bond donors (Lipinski definition) is 1. The molecule has 1 aromatic heterocycles. The molecular formula is C49H84N2NaO9PS2. The summed E-state index contributed by atoms with van der Waals surface area (Å²) in [4.78, 5) is 43.8. The fraction of sp³-hybridized carbons (Fsp3) is 0.755. The van der Waals surface area contributed by atoms with Crippen LogP contribution in [0, 0.1) is 0 Å². The summed E-state index contributed by atoms with van der Waals surface area (Å²) < 4.78 is 33.8. The summed E-state index contributed by atoms with van der Waals surface area (Å²) in [7, 11) is -1.63. The van der Waals surface area contributed by atoms with E-state index in [0.29, 0.717) is 18.6 Å². The van der Waals surface area contributed by atoms with Crippen LogP contribution in [-0.4, -0.2) is 65.9 Å². The quantitative estimate of drug-likeness (QED) is 0.00966. The third kappa shape index (κ3) is 43.4. The largest absolute Gasteiger partial charge is 1.00 e. The van der Waals surface area contributed by atoms with Gasteiger partial charge in [-0.2, -0.15) is 0 Å². The number of phosphoric acid groups is 1. The van der Waals surface area contributed by atoms with Crippen LogP contribution in [-0.2, 0) is 32.7 Å². The van der Waals surface area contributed by atoms with Gasteiger partial charge in [-0.3, -0.25) is 18.6 Å². The van der Waals surface area contributed by atoms with Crippen LogP contribution in [0.15, 0.2) is 58.7 Å². The van der Waals surface area contributed by atoms with Crippen molar-refractivity contribution in [3.63, 3.8) is 0 Å². The maximum absolute atomic E-state index is 12.8. The zero-order valence-electron chi connectivity index (χ0n) is 40.1. The number of aliphatic imine (C=N–C) groups is 1. The molecule has 0 amide bonds. The minimum absolute atomic E-state index is 0. The van der Waals surface area contributed by atoms with E-state index in [2.05, 4.69) is 48.1 Å². The molecular weight excluding hydrogens is 879 g/mol. The molecule has 0 fully saturated rings. The molecule has 1 N–H and O–H groups in total. The number of phosphoric ester groups is 1. The summed E-state index contributed by atoms with van der Waals surface area (Å²) in [6.07, 6.45) is 40.4. The first-order chi connectivity index (χ1) is 30.8. The number of hydrogen-bond acceptors (Lipinski definition) is 12. The molecule has 0 bridgehead atoms. The first kappa shape index (κ1) is 62.8. The summed E-state index contributed by atoms with van der Waals surface area (Å²) in [6.45, 7) is 3.24. The van der Waals surface area contributed by atoms with E-state index in [1.165, 1.54) is 105 Å². The van der Waals surface area contributed by atoms with Crippen molar-refractivity contribution in [3.05, 3.63) is 48.7 Å². The molecule has 1 rings (SSSR count). The molecule has 0 aromatic carbocycles. The number of carbonyl (C=O) groups is 2. The maximum Gasteiger partial charge on any atom is 1.00 e. The van der Waals surface area contributed by atoms with Crippen LogP contribution in [0.25, 0.3) is 0 Å². The van der Waals surface area contributed by atoms with Crippen molar-refractivity contribution >= 4 is 47.2 Å². The van der Waals surface area contributed by atoms with Gasteiger partial charge in [-0.15, -0.1) is 0 Å². The number of unbranched alkanes of at least 4 members (excludes halogenated alkanes) is 22. The van der Waals surface area contributed by atoms with Crippen LogP contribution >= 0.6 is 29.4 Å². The Hall–Kier alpha value is -1.15. The van der Waals surface area contributed by atoms with Gasteiger partial charge in [-0.1, -0.05) is 158 Å². The smallest absolute Gasteiger partial charge is 0.862 e. The summed E-state index contributed by atoms with van der Waals surface area (Å²) in [6, 6.07) is 5.61. The first-order valence-electron chi connectivity index (χ1n) is 24.4. The van der Waals surface area contributed by atoms with Crippen molar-refractivity contribution in [2.45, 2.75) is 211 Å². The Kier molecular flexibility index (Phi) is 46.1. The minimum Gasteiger partial charge on any atom is -0.862 e. The van der Waals surface area contributed by atoms with E-state index in [0.717, 1.165) is 75.7 Å². The van der Waals surface area contributed by atoms with E-state index < -0.39 is 32.5 Å². The van der Waals surface area contributed by atoms with Crippen LogP contribution < -0.4 is 34.7 Å². The van der Waals surface area contributed by atoms with Gasteiger partial charge in [0.2, 0.25) is 0 Å². The molecule has 0 aliphatic rings. The van der Waals surface area contributed by atoms with Gasteiger partial charge in [0.25, 0.3) is 0 Å². The first-order valence-corrected chi connectivity index (χ1v) is 28.2. The molecule has 11 nitrogen and oxygen atoms in total. The summed E-state index contributed by atoms with van der Waals surface area (Å²) in [5.74, 6) is -0.722. The fourth-order valence-electron chi connectivity index (χ4n) is 6.55. The molecule has 0 radical (unpaired) electrons. The minimum atomic E-state index is -4.58.